The molecule has 0 spiro atoms. The topological polar surface area (TPSA) is 67.4 Å². The van der Waals surface area contributed by atoms with Crippen LogP contribution in [0.3, 0.4) is 0 Å². The second kappa shape index (κ2) is 5.96. The van der Waals surface area contributed by atoms with Crippen LogP contribution in [-0.4, -0.2) is 34.2 Å². The number of hydrogen-bond acceptors (Lipinski definition) is 5. The van der Waals surface area contributed by atoms with Gasteiger partial charge in [-0.2, -0.15) is 0 Å². The number of nitrogens with one attached hydrogen (secondary N) is 2. The van der Waals surface area contributed by atoms with Crippen LogP contribution in [0.1, 0.15) is 29.7 Å². The SMILES string of the molecule is CNCc1scc(C)c1S(=O)(=O)NC1CCOC1C1CC1. The summed E-state index contributed by atoms with van der Waals surface area (Å²) in [6, 6.07) is -0.0794. The molecular weight excluding hydrogens is 308 g/mol. The van der Waals surface area contributed by atoms with Gasteiger partial charge in [0.2, 0.25) is 10.0 Å². The second-order valence-electron chi connectivity index (χ2n) is 5.89. The lowest BCUT2D eigenvalue weighted by molar-refractivity contribution is 0.0848. The predicted octanol–water partition coefficient (Wildman–Crippen LogP) is 1.62. The Morgan fingerprint density at radius 3 is 2.81 bits per heavy atom. The number of hydrogen-bond donors (Lipinski definition) is 2. The van der Waals surface area contributed by atoms with Gasteiger partial charge in [-0.3, -0.25) is 0 Å². The molecule has 2 fully saturated rings. The summed E-state index contributed by atoms with van der Waals surface area (Å²) in [4.78, 5) is 1.31. The van der Waals surface area contributed by atoms with Gasteiger partial charge in [0.25, 0.3) is 0 Å². The average Bonchev–Trinajstić information content (AvgIpc) is 3.05. The molecule has 1 aliphatic carbocycles. The van der Waals surface area contributed by atoms with E-state index in [4.69, 9.17) is 4.74 Å². The Balaban J connectivity index is 1.81. The molecule has 5 nitrogen and oxygen atoms in total. The fraction of sp³-hybridized carbons (Fsp3) is 0.714. The van der Waals surface area contributed by atoms with Gasteiger partial charge in [0.05, 0.1) is 12.1 Å². The van der Waals surface area contributed by atoms with Crippen LogP contribution in [0.15, 0.2) is 10.3 Å². The van der Waals surface area contributed by atoms with Crippen molar-refractivity contribution >= 4 is 21.4 Å². The van der Waals surface area contributed by atoms with Crippen LogP contribution in [0.5, 0.6) is 0 Å². The summed E-state index contributed by atoms with van der Waals surface area (Å²) in [5, 5.41) is 4.94. The van der Waals surface area contributed by atoms with Crippen molar-refractivity contribution in [3.8, 4) is 0 Å². The molecule has 7 heteroatoms. The standard InChI is InChI=1S/C14H22N2O3S2/c1-9-8-20-12(7-15-2)14(9)21(17,18)16-11-5-6-19-13(11)10-3-4-10/h8,10-11,13,15-16H,3-7H2,1-2H3. The molecule has 0 bridgehead atoms. The van der Waals surface area contributed by atoms with Crippen molar-refractivity contribution in [1.82, 2.24) is 10.0 Å². The Kier molecular flexibility index (Phi) is 4.38. The molecule has 1 saturated carbocycles. The molecule has 0 amide bonds. The maximum absolute atomic E-state index is 12.8. The zero-order valence-corrected chi connectivity index (χ0v) is 14.0. The van der Waals surface area contributed by atoms with Crippen molar-refractivity contribution in [2.24, 2.45) is 5.92 Å². The summed E-state index contributed by atoms with van der Waals surface area (Å²) in [6.07, 6.45) is 3.15. The van der Waals surface area contributed by atoms with E-state index in [9.17, 15) is 8.42 Å². The van der Waals surface area contributed by atoms with Gasteiger partial charge in [-0.25, -0.2) is 13.1 Å². The minimum atomic E-state index is -3.48. The Labute approximate surface area is 130 Å². The first-order valence-electron chi connectivity index (χ1n) is 7.38. The fourth-order valence-corrected chi connectivity index (χ4v) is 6.12. The molecule has 2 aliphatic rings. The minimum absolute atomic E-state index is 0.0615. The lowest BCUT2D eigenvalue weighted by Gasteiger charge is -2.20. The van der Waals surface area contributed by atoms with Crippen LogP contribution >= 0.6 is 11.3 Å². The van der Waals surface area contributed by atoms with Gasteiger partial charge in [0, 0.05) is 18.0 Å². The molecule has 2 N–H and O–H groups in total. The van der Waals surface area contributed by atoms with Gasteiger partial charge in [-0.15, -0.1) is 11.3 Å². The number of thiophene rings is 1. The van der Waals surface area contributed by atoms with Crippen LogP contribution in [0.2, 0.25) is 0 Å². The number of rotatable bonds is 6. The third kappa shape index (κ3) is 3.17. The highest BCUT2D eigenvalue weighted by molar-refractivity contribution is 7.89. The monoisotopic (exact) mass is 330 g/mol. The molecule has 1 aromatic heterocycles. The lowest BCUT2D eigenvalue weighted by Crippen LogP contribution is -2.41. The van der Waals surface area contributed by atoms with Crippen LogP contribution in [0, 0.1) is 12.8 Å². The molecule has 21 heavy (non-hydrogen) atoms. The summed E-state index contributed by atoms with van der Waals surface area (Å²) in [6.45, 7) is 3.08. The highest BCUT2D eigenvalue weighted by Crippen LogP contribution is 2.39. The van der Waals surface area contributed by atoms with Gasteiger partial charge in [-0.1, -0.05) is 0 Å². The van der Waals surface area contributed by atoms with E-state index in [1.807, 2.05) is 19.4 Å². The zero-order valence-electron chi connectivity index (χ0n) is 12.4. The summed E-state index contributed by atoms with van der Waals surface area (Å²) in [5.74, 6) is 0.542. The van der Waals surface area contributed by atoms with Crippen molar-refractivity contribution in [3.05, 3.63) is 15.8 Å². The van der Waals surface area contributed by atoms with E-state index >= 15 is 0 Å². The summed E-state index contributed by atoms with van der Waals surface area (Å²) < 4.78 is 34.2. The number of sulfonamides is 1. The quantitative estimate of drug-likeness (QED) is 0.832. The lowest BCUT2D eigenvalue weighted by atomic mass is 10.1. The summed E-state index contributed by atoms with van der Waals surface area (Å²) in [7, 11) is -1.66. The Morgan fingerprint density at radius 1 is 1.38 bits per heavy atom. The molecule has 0 aromatic carbocycles. The van der Waals surface area contributed by atoms with Gasteiger partial charge in [-0.05, 0) is 50.1 Å². The third-order valence-corrected chi connectivity index (χ3v) is 7.08. The van der Waals surface area contributed by atoms with E-state index < -0.39 is 10.0 Å². The predicted molar refractivity (Wildman–Crippen MR) is 83.0 cm³/mol. The third-order valence-electron chi connectivity index (χ3n) is 4.12. The van der Waals surface area contributed by atoms with E-state index in [2.05, 4.69) is 10.0 Å². The van der Waals surface area contributed by atoms with Gasteiger partial charge in [0.15, 0.2) is 0 Å². The number of ether oxygens (including phenoxy) is 1. The fourth-order valence-electron chi connectivity index (χ4n) is 3.02. The average molecular weight is 330 g/mol. The molecule has 2 unspecified atom stereocenters. The van der Waals surface area contributed by atoms with Crippen molar-refractivity contribution < 1.29 is 13.2 Å². The molecule has 2 atom stereocenters. The molecule has 3 rings (SSSR count). The normalized spacial score (nSPS) is 26.4. The van der Waals surface area contributed by atoms with E-state index in [0.717, 1.165) is 29.7 Å². The zero-order chi connectivity index (χ0) is 15.0. The van der Waals surface area contributed by atoms with E-state index in [0.29, 0.717) is 24.0 Å². The van der Waals surface area contributed by atoms with E-state index in [1.165, 1.54) is 11.3 Å². The van der Waals surface area contributed by atoms with Crippen LogP contribution in [-0.2, 0) is 21.3 Å². The van der Waals surface area contributed by atoms with Crippen LogP contribution < -0.4 is 10.0 Å². The van der Waals surface area contributed by atoms with E-state index in [1.54, 1.807) is 0 Å². The first-order valence-corrected chi connectivity index (χ1v) is 9.74. The largest absolute Gasteiger partial charge is 0.376 e. The van der Waals surface area contributed by atoms with Gasteiger partial charge >= 0.3 is 0 Å². The van der Waals surface area contributed by atoms with Gasteiger partial charge in [0.1, 0.15) is 4.90 Å². The van der Waals surface area contributed by atoms with Crippen molar-refractivity contribution in [2.45, 2.75) is 49.8 Å². The Bertz CT molecular complexity index is 608. The molecular formula is C14H22N2O3S2. The maximum atomic E-state index is 12.8. The molecule has 2 heterocycles. The molecule has 1 saturated heterocycles. The minimum Gasteiger partial charge on any atom is -0.376 e. The van der Waals surface area contributed by atoms with Crippen LogP contribution in [0.4, 0.5) is 0 Å². The van der Waals surface area contributed by atoms with Crippen LogP contribution in [0.25, 0.3) is 0 Å². The molecule has 1 aliphatic heterocycles. The molecule has 0 radical (unpaired) electrons. The maximum Gasteiger partial charge on any atom is 0.242 e. The molecule has 118 valence electrons. The van der Waals surface area contributed by atoms with E-state index in [-0.39, 0.29) is 12.1 Å². The number of aryl methyl sites for hydroxylation is 1. The summed E-state index contributed by atoms with van der Waals surface area (Å²) >= 11 is 1.49. The van der Waals surface area contributed by atoms with Crippen molar-refractivity contribution in [2.75, 3.05) is 13.7 Å². The van der Waals surface area contributed by atoms with Gasteiger partial charge < -0.3 is 10.1 Å². The smallest absolute Gasteiger partial charge is 0.242 e. The Hall–Kier alpha value is -0.470. The first-order chi connectivity index (χ1) is 10.0. The summed E-state index contributed by atoms with van der Waals surface area (Å²) in [5.41, 5.74) is 0.819. The van der Waals surface area contributed by atoms with Crippen molar-refractivity contribution in [1.29, 1.82) is 0 Å². The molecule has 1 aromatic rings. The first kappa shape index (κ1) is 15.4. The Morgan fingerprint density at radius 2 is 2.14 bits per heavy atom. The van der Waals surface area contributed by atoms with Crippen molar-refractivity contribution in [3.63, 3.8) is 0 Å². The second-order valence-corrected chi connectivity index (χ2v) is 8.51. The highest BCUT2D eigenvalue weighted by Gasteiger charge is 2.42. The highest BCUT2D eigenvalue weighted by atomic mass is 32.2.